The van der Waals surface area contributed by atoms with Crippen molar-refractivity contribution in [1.29, 1.82) is 0 Å². The van der Waals surface area contributed by atoms with Crippen molar-refractivity contribution >= 4 is 17.2 Å². The minimum Gasteiger partial charge on any atom is -0.497 e. The Labute approximate surface area is 135 Å². The lowest BCUT2D eigenvalue weighted by atomic mass is 10.0. The molecule has 0 fully saturated rings. The molecule has 0 saturated carbocycles. The Kier molecular flexibility index (Phi) is 4.48. The molecular formula is C18H21NO2S. The third-order valence-corrected chi connectivity index (χ3v) is 5.38. The van der Waals surface area contributed by atoms with Gasteiger partial charge in [0.1, 0.15) is 5.75 Å². The van der Waals surface area contributed by atoms with Gasteiger partial charge >= 0.3 is 0 Å². The largest absolute Gasteiger partial charge is 0.497 e. The second kappa shape index (κ2) is 6.53. The summed E-state index contributed by atoms with van der Waals surface area (Å²) >= 11 is 1.81. The van der Waals surface area contributed by atoms with E-state index < -0.39 is 0 Å². The second-order valence-electron chi connectivity index (χ2n) is 5.66. The summed E-state index contributed by atoms with van der Waals surface area (Å²) in [5, 5.41) is 2.13. The Bertz CT molecular complexity index is 647. The van der Waals surface area contributed by atoms with Gasteiger partial charge in [-0.15, -0.1) is 11.3 Å². The number of carbonyl (C=O) groups is 1. The molecule has 1 aromatic carbocycles. The molecule has 22 heavy (non-hydrogen) atoms. The number of hydrogen-bond acceptors (Lipinski definition) is 3. The van der Waals surface area contributed by atoms with Crippen molar-refractivity contribution in [2.24, 2.45) is 0 Å². The molecule has 1 aromatic heterocycles. The van der Waals surface area contributed by atoms with E-state index in [2.05, 4.69) is 18.4 Å². The lowest BCUT2D eigenvalue weighted by Crippen LogP contribution is -2.38. The smallest absolute Gasteiger partial charge is 0.223 e. The Hall–Kier alpha value is -1.81. The van der Waals surface area contributed by atoms with Crippen LogP contribution < -0.4 is 4.74 Å². The first-order valence-electron chi connectivity index (χ1n) is 7.67. The van der Waals surface area contributed by atoms with E-state index in [1.807, 2.05) is 29.2 Å². The van der Waals surface area contributed by atoms with Crippen molar-refractivity contribution in [3.63, 3.8) is 0 Å². The maximum absolute atomic E-state index is 12.5. The summed E-state index contributed by atoms with van der Waals surface area (Å²) < 4.78 is 5.16. The van der Waals surface area contributed by atoms with E-state index in [4.69, 9.17) is 4.74 Å². The number of thiophene rings is 1. The molecule has 2 heterocycles. The molecule has 116 valence electrons. The second-order valence-corrected chi connectivity index (χ2v) is 6.66. The lowest BCUT2D eigenvalue weighted by Gasteiger charge is -2.33. The van der Waals surface area contributed by atoms with Gasteiger partial charge in [-0.2, -0.15) is 0 Å². The fourth-order valence-corrected chi connectivity index (χ4v) is 4.00. The molecule has 0 bridgehead atoms. The third-order valence-electron chi connectivity index (χ3n) is 4.38. The van der Waals surface area contributed by atoms with Gasteiger partial charge in [-0.3, -0.25) is 4.79 Å². The van der Waals surface area contributed by atoms with Crippen LogP contribution in [0.2, 0.25) is 0 Å². The van der Waals surface area contributed by atoms with Crippen molar-refractivity contribution < 1.29 is 9.53 Å². The highest BCUT2D eigenvalue weighted by molar-refractivity contribution is 7.10. The molecule has 2 aromatic rings. The van der Waals surface area contributed by atoms with Crippen molar-refractivity contribution in [3.05, 3.63) is 51.7 Å². The molecule has 1 aliphatic rings. The summed E-state index contributed by atoms with van der Waals surface area (Å²) in [7, 11) is 1.66. The van der Waals surface area contributed by atoms with E-state index in [-0.39, 0.29) is 11.9 Å². The minimum absolute atomic E-state index is 0.207. The molecule has 0 radical (unpaired) electrons. The maximum atomic E-state index is 12.5. The topological polar surface area (TPSA) is 29.5 Å². The molecule has 1 amide bonds. The van der Waals surface area contributed by atoms with E-state index in [0.717, 1.165) is 25.1 Å². The monoisotopic (exact) mass is 315 g/mol. The highest BCUT2D eigenvalue weighted by atomic mass is 32.1. The van der Waals surface area contributed by atoms with Gasteiger partial charge < -0.3 is 9.64 Å². The van der Waals surface area contributed by atoms with Crippen LogP contribution in [0.4, 0.5) is 0 Å². The molecule has 0 saturated heterocycles. The van der Waals surface area contributed by atoms with Crippen LogP contribution in [0.25, 0.3) is 0 Å². The molecule has 0 N–H and O–H groups in total. The molecule has 1 unspecified atom stereocenters. The fraction of sp³-hybridized carbons (Fsp3) is 0.389. The van der Waals surface area contributed by atoms with E-state index in [1.54, 1.807) is 18.4 Å². The summed E-state index contributed by atoms with van der Waals surface area (Å²) in [6.07, 6.45) is 2.34. The highest BCUT2D eigenvalue weighted by Gasteiger charge is 2.27. The predicted molar refractivity (Wildman–Crippen MR) is 89.5 cm³/mol. The normalized spacial score (nSPS) is 17.2. The molecule has 1 atom stereocenters. The van der Waals surface area contributed by atoms with Crippen LogP contribution in [0.15, 0.2) is 35.7 Å². The van der Waals surface area contributed by atoms with Crippen LogP contribution in [-0.2, 0) is 17.6 Å². The van der Waals surface area contributed by atoms with Crippen molar-refractivity contribution in [3.8, 4) is 5.75 Å². The summed E-state index contributed by atoms with van der Waals surface area (Å²) in [5.74, 6) is 1.10. The van der Waals surface area contributed by atoms with Crippen LogP contribution in [0, 0.1) is 0 Å². The lowest BCUT2D eigenvalue weighted by molar-refractivity contribution is -0.133. The first-order chi connectivity index (χ1) is 10.7. The molecule has 1 aliphatic heterocycles. The maximum Gasteiger partial charge on any atom is 0.223 e. The van der Waals surface area contributed by atoms with Crippen LogP contribution in [0.1, 0.15) is 35.4 Å². The van der Waals surface area contributed by atoms with Gasteiger partial charge in [-0.05, 0) is 54.5 Å². The van der Waals surface area contributed by atoms with Crippen LogP contribution in [-0.4, -0.2) is 24.5 Å². The summed E-state index contributed by atoms with van der Waals surface area (Å²) in [4.78, 5) is 16.0. The fourth-order valence-electron chi connectivity index (χ4n) is 3.04. The molecule has 0 spiro atoms. The third kappa shape index (κ3) is 3.02. The van der Waals surface area contributed by atoms with Crippen molar-refractivity contribution in [2.75, 3.05) is 13.7 Å². The van der Waals surface area contributed by atoms with Gasteiger partial charge in [0, 0.05) is 17.8 Å². The van der Waals surface area contributed by atoms with Crippen LogP contribution in [0.3, 0.4) is 0 Å². The van der Waals surface area contributed by atoms with Crippen molar-refractivity contribution in [1.82, 2.24) is 4.90 Å². The Balaban J connectivity index is 1.60. The summed E-state index contributed by atoms with van der Waals surface area (Å²) in [5.41, 5.74) is 2.50. The van der Waals surface area contributed by atoms with Gasteiger partial charge in [0.2, 0.25) is 5.91 Å². The van der Waals surface area contributed by atoms with Crippen molar-refractivity contribution in [2.45, 2.75) is 32.2 Å². The van der Waals surface area contributed by atoms with Crippen LogP contribution in [0.5, 0.6) is 5.75 Å². The number of amides is 1. The van der Waals surface area contributed by atoms with Crippen LogP contribution >= 0.6 is 11.3 Å². The SMILES string of the molecule is COc1ccc(CCC(=O)N2CCc3sccc3C2C)cc1. The number of hydrogen-bond donors (Lipinski definition) is 0. The zero-order valence-corrected chi connectivity index (χ0v) is 13.9. The van der Waals surface area contributed by atoms with E-state index in [0.29, 0.717) is 6.42 Å². The molecule has 0 aliphatic carbocycles. The van der Waals surface area contributed by atoms with Gasteiger partial charge in [0.05, 0.1) is 13.2 Å². The zero-order chi connectivity index (χ0) is 15.5. The van der Waals surface area contributed by atoms with Gasteiger partial charge in [-0.25, -0.2) is 0 Å². The predicted octanol–water partition coefficient (Wildman–Crippen LogP) is 3.84. The zero-order valence-electron chi connectivity index (χ0n) is 13.0. The first-order valence-corrected chi connectivity index (χ1v) is 8.55. The van der Waals surface area contributed by atoms with Gasteiger partial charge in [0.15, 0.2) is 0 Å². The molecule has 4 heteroatoms. The standard InChI is InChI=1S/C18H21NO2S/c1-13-16-10-12-22-17(16)9-11-19(13)18(20)8-5-14-3-6-15(21-2)7-4-14/h3-4,6-7,10,12-13H,5,8-9,11H2,1-2H3. The summed E-state index contributed by atoms with van der Waals surface area (Å²) in [6, 6.07) is 10.3. The van der Waals surface area contributed by atoms with E-state index in [1.165, 1.54) is 16.0 Å². The van der Waals surface area contributed by atoms with Gasteiger partial charge in [-0.1, -0.05) is 12.1 Å². The molecule has 3 rings (SSSR count). The average molecular weight is 315 g/mol. The number of ether oxygens (including phenoxy) is 1. The number of aryl methyl sites for hydroxylation is 1. The van der Waals surface area contributed by atoms with E-state index in [9.17, 15) is 4.79 Å². The molecule has 3 nitrogen and oxygen atoms in total. The number of benzene rings is 1. The Morgan fingerprint density at radius 1 is 1.32 bits per heavy atom. The highest BCUT2D eigenvalue weighted by Crippen LogP contribution is 2.33. The van der Waals surface area contributed by atoms with Gasteiger partial charge in [0.25, 0.3) is 0 Å². The quantitative estimate of drug-likeness (QED) is 0.858. The number of fused-ring (bicyclic) bond motifs is 1. The average Bonchev–Trinajstić information content (AvgIpc) is 3.03. The Morgan fingerprint density at radius 3 is 2.82 bits per heavy atom. The number of nitrogens with zero attached hydrogens (tertiary/aromatic N) is 1. The Morgan fingerprint density at radius 2 is 2.09 bits per heavy atom. The minimum atomic E-state index is 0.207. The summed E-state index contributed by atoms with van der Waals surface area (Å²) in [6.45, 7) is 2.98. The van der Waals surface area contributed by atoms with E-state index >= 15 is 0 Å². The number of rotatable bonds is 4. The number of carbonyl (C=O) groups excluding carboxylic acids is 1. The first kappa shape index (κ1) is 15.1. The molecular weight excluding hydrogens is 294 g/mol. The number of methoxy groups -OCH3 is 1.